The Morgan fingerprint density at radius 2 is 1.15 bits per heavy atom. The molecular weight excluding hydrogens is 441 g/mol. The number of ether oxygens (including phenoxy) is 3. The van der Waals surface area contributed by atoms with Gasteiger partial charge < -0.3 is 14.2 Å². The molecule has 34 heavy (non-hydrogen) atoms. The molecule has 0 fully saturated rings. The highest BCUT2D eigenvalue weighted by molar-refractivity contribution is 5.24. The molecule has 0 amide bonds. The SMILES string of the molecule is CCCCCCCCC(CCc1ccc(C(F)(F)F)cc1)C(OCCC)(OCCC)OCCC. The van der Waals surface area contributed by atoms with E-state index < -0.39 is 17.7 Å². The minimum atomic E-state index is -4.32. The van der Waals surface area contributed by atoms with Gasteiger partial charge in [-0.1, -0.05) is 78.4 Å². The van der Waals surface area contributed by atoms with Crippen LogP contribution in [0.2, 0.25) is 0 Å². The van der Waals surface area contributed by atoms with Crippen LogP contribution in [0.3, 0.4) is 0 Å². The lowest BCUT2D eigenvalue weighted by molar-refractivity contribution is -0.406. The molecule has 0 saturated carbocycles. The van der Waals surface area contributed by atoms with Crippen LogP contribution in [0.1, 0.15) is 109 Å². The Bertz CT molecular complexity index is 595. The molecule has 0 aliphatic rings. The molecule has 1 atom stereocenters. The summed E-state index contributed by atoms with van der Waals surface area (Å²) in [6.45, 7) is 10.0. The molecule has 0 saturated heterocycles. The molecule has 1 aromatic rings. The van der Waals surface area contributed by atoms with Crippen LogP contribution in [-0.2, 0) is 26.8 Å². The zero-order valence-corrected chi connectivity index (χ0v) is 21.9. The fraction of sp³-hybridized carbons (Fsp3) is 0.786. The van der Waals surface area contributed by atoms with Crippen LogP contribution < -0.4 is 0 Å². The summed E-state index contributed by atoms with van der Waals surface area (Å²) in [6.07, 6.45) is 7.72. The zero-order chi connectivity index (χ0) is 25.3. The largest absolute Gasteiger partial charge is 0.416 e. The maximum Gasteiger partial charge on any atom is 0.416 e. The first-order valence-corrected chi connectivity index (χ1v) is 13.4. The highest BCUT2D eigenvalue weighted by Gasteiger charge is 2.42. The summed E-state index contributed by atoms with van der Waals surface area (Å²) < 4.78 is 57.7. The molecule has 0 radical (unpaired) electrons. The van der Waals surface area contributed by atoms with E-state index in [0.29, 0.717) is 26.2 Å². The standard InChI is InChI=1S/C28H47F3O3/c1-5-9-10-11-12-13-14-26(20-17-24-15-18-25(19-16-24)27(29,30)31)28(32-21-6-2,33-22-7-3)34-23-8-4/h15-16,18-19,26H,5-14,17,20-23H2,1-4H3. The van der Waals surface area contributed by atoms with Crippen LogP contribution in [0.5, 0.6) is 0 Å². The van der Waals surface area contributed by atoms with Crippen LogP contribution in [0.4, 0.5) is 13.2 Å². The van der Waals surface area contributed by atoms with E-state index in [0.717, 1.165) is 50.5 Å². The van der Waals surface area contributed by atoms with Gasteiger partial charge in [0, 0.05) is 5.92 Å². The predicted molar refractivity (Wildman–Crippen MR) is 133 cm³/mol. The fourth-order valence-corrected chi connectivity index (χ4v) is 4.08. The van der Waals surface area contributed by atoms with Crippen LogP contribution >= 0.6 is 0 Å². The number of hydrogen-bond acceptors (Lipinski definition) is 3. The maximum absolute atomic E-state index is 12.9. The van der Waals surface area contributed by atoms with E-state index in [1.165, 1.54) is 37.8 Å². The van der Waals surface area contributed by atoms with Gasteiger partial charge in [-0.25, -0.2) is 0 Å². The van der Waals surface area contributed by atoms with Crippen molar-refractivity contribution in [2.24, 2.45) is 5.92 Å². The van der Waals surface area contributed by atoms with E-state index >= 15 is 0 Å². The molecule has 0 spiro atoms. The Morgan fingerprint density at radius 1 is 0.647 bits per heavy atom. The summed E-state index contributed by atoms with van der Waals surface area (Å²) in [5, 5.41) is 0. The Labute approximate surface area is 205 Å². The van der Waals surface area contributed by atoms with Crippen LogP contribution in [-0.4, -0.2) is 25.8 Å². The van der Waals surface area contributed by atoms with Crippen LogP contribution in [0.25, 0.3) is 0 Å². The fourth-order valence-electron chi connectivity index (χ4n) is 4.08. The van der Waals surface area contributed by atoms with E-state index in [4.69, 9.17) is 14.2 Å². The van der Waals surface area contributed by atoms with Gasteiger partial charge in [0.05, 0.1) is 25.4 Å². The van der Waals surface area contributed by atoms with Crippen molar-refractivity contribution in [1.29, 1.82) is 0 Å². The van der Waals surface area contributed by atoms with E-state index in [-0.39, 0.29) is 5.92 Å². The van der Waals surface area contributed by atoms with Crippen molar-refractivity contribution in [1.82, 2.24) is 0 Å². The van der Waals surface area contributed by atoms with Gasteiger partial charge in [-0.05, 0) is 56.2 Å². The predicted octanol–water partition coefficient (Wildman–Crippen LogP) is 8.94. The second-order valence-electron chi connectivity index (χ2n) is 9.14. The number of benzene rings is 1. The number of rotatable bonds is 20. The second kappa shape index (κ2) is 17.3. The van der Waals surface area contributed by atoms with Crippen molar-refractivity contribution in [2.45, 2.75) is 117 Å². The number of halogens is 3. The van der Waals surface area contributed by atoms with Gasteiger partial charge >= 0.3 is 6.18 Å². The molecule has 6 heteroatoms. The minimum absolute atomic E-state index is 0.00520. The third-order valence-corrected chi connectivity index (χ3v) is 5.99. The highest BCUT2D eigenvalue weighted by Crippen LogP contribution is 2.35. The van der Waals surface area contributed by atoms with E-state index in [1.807, 2.05) is 0 Å². The molecule has 0 aliphatic heterocycles. The van der Waals surface area contributed by atoms with Gasteiger partial charge in [-0.15, -0.1) is 0 Å². The summed E-state index contributed by atoms with van der Waals surface area (Å²) in [5.74, 6) is -1.09. The Kier molecular flexibility index (Phi) is 15.8. The number of unbranched alkanes of at least 4 members (excludes halogenated alkanes) is 5. The highest BCUT2D eigenvalue weighted by atomic mass is 19.4. The lowest BCUT2D eigenvalue weighted by atomic mass is 9.91. The van der Waals surface area contributed by atoms with Gasteiger partial charge in [0.15, 0.2) is 0 Å². The summed E-state index contributed by atoms with van der Waals surface area (Å²) >= 11 is 0. The second-order valence-corrected chi connectivity index (χ2v) is 9.14. The average Bonchev–Trinajstić information content (AvgIpc) is 2.83. The molecule has 1 rings (SSSR count). The minimum Gasteiger partial charge on any atom is -0.327 e. The van der Waals surface area contributed by atoms with Crippen molar-refractivity contribution >= 4 is 0 Å². The number of hydrogen-bond donors (Lipinski definition) is 0. The first-order chi connectivity index (χ1) is 16.3. The van der Waals surface area contributed by atoms with Crippen molar-refractivity contribution < 1.29 is 27.4 Å². The van der Waals surface area contributed by atoms with Gasteiger partial charge in [0.1, 0.15) is 0 Å². The lowest BCUT2D eigenvalue weighted by Gasteiger charge is -2.40. The average molecular weight is 489 g/mol. The van der Waals surface area contributed by atoms with Crippen LogP contribution in [0, 0.1) is 5.92 Å². The number of aryl methyl sites for hydroxylation is 1. The quantitative estimate of drug-likeness (QED) is 0.135. The van der Waals surface area contributed by atoms with Gasteiger partial charge in [0.2, 0.25) is 0 Å². The molecule has 0 aromatic heterocycles. The number of alkyl halides is 3. The molecule has 0 bridgehead atoms. The molecule has 1 aromatic carbocycles. The zero-order valence-electron chi connectivity index (χ0n) is 21.9. The topological polar surface area (TPSA) is 27.7 Å². The normalized spacial score (nSPS) is 13.4. The maximum atomic E-state index is 12.9. The lowest BCUT2D eigenvalue weighted by Crippen LogP contribution is -2.47. The monoisotopic (exact) mass is 488 g/mol. The third-order valence-electron chi connectivity index (χ3n) is 5.99. The van der Waals surface area contributed by atoms with Crippen molar-refractivity contribution in [3.63, 3.8) is 0 Å². The molecule has 1 unspecified atom stereocenters. The molecule has 198 valence electrons. The summed E-state index contributed by atoms with van der Waals surface area (Å²) in [7, 11) is 0. The van der Waals surface area contributed by atoms with Gasteiger partial charge in [-0.3, -0.25) is 0 Å². The smallest absolute Gasteiger partial charge is 0.327 e. The third kappa shape index (κ3) is 11.5. The molecule has 0 aliphatic carbocycles. The summed E-state index contributed by atoms with van der Waals surface area (Å²) in [5.41, 5.74) is 0.273. The molecule has 3 nitrogen and oxygen atoms in total. The first kappa shape index (κ1) is 30.9. The molecular formula is C28H47F3O3. The first-order valence-electron chi connectivity index (χ1n) is 13.4. The Hall–Kier alpha value is -1.11. The van der Waals surface area contributed by atoms with E-state index in [1.54, 1.807) is 12.1 Å². The Balaban J connectivity index is 3.02. The van der Waals surface area contributed by atoms with E-state index in [2.05, 4.69) is 27.7 Å². The van der Waals surface area contributed by atoms with Gasteiger partial charge in [-0.2, -0.15) is 13.2 Å². The summed E-state index contributed by atoms with van der Waals surface area (Å²) in [6, 6.07) is 5.50. The van der Waals surface area contributed by atoms with Crippen molar-refractivity contribution in [3.05, 3.63) is 35.4 Å². The van der Waals surface area contributed by atoms with Gasteiger partial charge in [0.25, 0.3) is 5.97 Å². The summed E-state index contributed by atoms with van der Waals surface area (Å²) in [4.78, 5) is 0. The van der Waals surface area contributed by atoms with Crippen molar-refractivity contribution in [2.75, 3.05) is 19.8 Å². The van der Waals surface area contributed by atoms with Crippen molar-refractivity contribution in [3.8, 4) is 0 Å². The molecule has 0 heterocycles. The Morgan fingerprint density at radius 3 is 1.62 bits per heavy atom. The van der Waals surface area contributed by atoms with Crippen LogP contribution in [0.15, 0.2) is 24.3 Å². The van der Waals surface area contributed by atoms with E-state index in [9.17, 15) is 13.2 Å². The molecule has 0 N–H and O–H groups in total.